The summed E-state index contributed by atoms with van der Waals surface area (Å²) in [6.45, 7) is 6.85. The summed E-state index contributed by atoms with van der Waals surface area (Å²) in [6.07, 6.45) is 3.42. The summed E-state index contributed by atoms with van der Waals surface area (Å²) >= 11 is 6.26. The van der Waals surface area contributed by atoms with Gasteiger partial charge in [-0.2, -0.15) is 15.3 Å². The first kappa shape index (κ1) is 14.9. The zero-order valence-electron chi connectivity index (χ0n) is 12.1. The lowest BCUT2D eigenvalue weighted by Crippen LogP contribution is -2.20. The summed E-state index contributed by atoms with van der Waals surface area (Å²) < 4.78 is 1.88. The summed E-state index contributed by atoms with van der Waals surface area (Å²) in [5, 5.41) is 13.2. The molecular weight excluding hydrogens is 274 g/mol. The van der Waals surface area contributed by atoms with Crippen molar-refractivity contribution < 1.29 is 0 Å². The second-order valence-corrected chi connectivity index (χ2v) is 5.23. The number of nitrogens with zero attached hydrogens (tertiary/aromatic N) is 4. The van der Waals surface area contributed by atoms with Crippen molar-refractivity contribution in [2.75, 3.05) is 0 Å². The minimum Gasteiger partial charge on any atom is -0.319 e. The Labute approximate surface area is 124 Å². The predicted octanol–water partition coefficient (Wildman–Crippen LogP) is 2.66. The molecule has 0 aliphatic heterocycles. The molecule has 0 saturated heterocycles. The van der Waals surface area contributed by atoms with E-state index in [0.717, 1.165) is 42.0 Å². The molecule has 0 spiro atoms. The first-order valence-corrected chi connectivity index (χ1v) is 7.26. The second kappa shape index (κ2) is 6.33. The van der Waals surface area contributed by atoms with E-state index in [0.29, 0.717) is 5.02 Å². The minimum atomic E-state index is -0.333. The molecule has 0 fully saturated rings. The van der Waals surface area contributed by atoms with Gasteiger partial charge in [-0.25, -0.2) is 0 Å². The minimum absolute atomic E-state index is 0.333. The van der Waals surface area contributed by atoms with Crippen molar-refractivity contribution in [3.8, 4) is 0 Å². The Balaban J connectivity index is 2.48. The molecule has 2 aromatic rings. The fraction of sp³-hybridized carbons (Fsp3) is 0.500. The standard InChI is InChI=1S/C14H20ClN5/c1-4-6-20-14(11(15)8-17-20)13(16)10-7-9(3)18-19-12(10)5-2/h7-8,13H,4-6,16H2,1-3H3. The SMILES string of the molecule is CCCn1ncc(Cl)c1C(N)c1cc(C)nnc1CC. The van der Waals surface area contributed by atoms with Crippen LogP contribution in [0.25, 0.3) is 0 Å². The molecule has 108 valence electrons. The number of halogens is 1. The number of rotatable bonds is 5. The van der Waals surface area contributed by atoms with Crippen LogP contribution in [0.15, 0.2) is 12.3 Å². The van der Waals surface area contributed by atoms with Crippen molar-refractivity contribution in [1.82, 2.24) is 20.0 Å². The molecule has 0 aromatic carbocycles. The Morgan fingerprint density at radius 3 is 2.75 bits per heavy atom. The van der Waals surface area contributed by atoms with Crippen LogP contribution in [0.2, 0.25) is 5.02 Å². The van der Waals surface area contributed by atoms with E-state index in [2.05, 4.69) is 22.2 Å². The van der Waals surface area contributed by atoms with Gasteiger partial charge in [0.25, 0.3) is 0 Å². The van der Waals surface area contributed by atoms with Crippen LogP contribution in [0.4, 0.5) is 0 Å². The van der Waals surface area contributed by atoms with Crippen molar-refractivity contribution in [1.29, 1.82) is 0 Å². The van der Waals surface area contributed by atoms with Crippen LogP contribution in [0.5, 0.6) is 0 Å². The Morgan fingerprint density at radius 1 is 1.35 bits per heavy atom. The van der Waals surface area contributed by atoms with E-state index in [1.165, 1.54) is 0 Å². The highest BCUT2D eigenvalue weighted by molar-refractivity contribution is 6.31. The fourth-order valence-corrected chi connectivity index (χ4v) is 2.56. The quantitative estimate of drug-likeness (QED) is 0.920. The largest absolute Gasteiger partial charge is 0.319 e. The maximum Gasteiger partial charge on any atom is 0.0837 e. The van der Waals surface area contributed by atoms with Crippen LogP contribution >= 0.6 is 11.6 Å². The average molecular weight is 294 g/mol. The van der Waals surface area contributed by atoms with Crippen LogP contribution < -0.4 is 5.73 Å². The van der Waals surface area contributed by atoms with E-state index < -0.39 is 0 Å². The highest BCUT2D eigenvalue weighted by Gasteiger charge is 2.21. The van der Waals surface area contributed by atoms with E-state index in [1.54, 1.807) is 6.20 Å². The van der Waals surface area contributed by atoms with Gasteiger partial charge in [0, 0.05) is 12.1 Å². The number of aryl methyl sites for hydroxylation is 3. The van der Waals surface area contributed by atoms with Crippen LogP contribution in [0.3, 0.4) is 0 Å². The topological polar surface area (TPSA) is 69.6 Å². The first-order valence-electron chi connectivity index (χ1n) is 6.88. The molecule has 6 heteroatoms. The number of hydrogen-bond donors (Lipinski definition) is 1. The highest BCUT2D eigenvalue weighted by atomic mass is 35.5. The first-order chi connectivity index (χ1) is 9.58. The van der Waals surface area contributed by atoms with Crippen molar-refractivity contribution in [2.24, 2.45) is 5.73 Å². The van der Waals surface area contributed by atoms with Gasteiger partial charge in [-0.05, 0) is 25.8 Å². The number of aromatic nitrogens is 4. The molecule has 2 rings (SSSR count). The molecule has 2 aromatic heterocycles. The molecule has 0 aliphatic carbocycles. The maximum absolute atomic E-state index is 6.42. The van der Waals surface area contributed by atoms with Crippen molar-refractivity contribution >= 4 is 11.6 Å². The maximum atomic E-state index is 6.42. The van der Waals surface area contributed by atoms with Gasteiger partial charge < -0.3 is 5.73 Å². The van der Waals surface area contributed by atoms with Crippen LogP contribution in [0.1, 0.15) is 49.0 Å². The third-order valence-corrected chi connectivity index (χ3v) is 3.55. The van der Waals surface area contributed by atoms with E-state index in [4.69, 9.17) is 17.3 Å². The summed E-state index contributed by atoms with van der Waals surface area (Å²) in [6, 6.07) is 1.65. The zero-order chi connectivity index (χ0) is 14.7. The number of nitrogens with two attached hydrogens (primary N) is 1. The van der Waals surface area contributed by atoms with Gasteiger partial charge in [-0.1, -0.05) is 25.4 Å². The van der Waals surface area contributed by atoms with E-state index in [-0.39, 0.29) is 6.04 Å². The summed E-state index contributed by atoms with van der Waals surface area (Å²) in [5.41, 5.74) is 10.00. The number of hydrogen-bond acceptors (Lipinski definition) is 4. The lowest BCUT2D eigenvalue weighted by atomic mass is 10.0. The Kier molecular flexibility index (Phi) is 4.73. The molecule has 0 amide bonds. The van der Waals surface area contributed by atoms with Gasteiger partial charge in [0.15, 0.2) is 0 Å². The lowest BCUT2D eigenvalue weighted by Gasteiger charge is -2.17. The molecule has 0 saturated carbocycles. The zero-order valence-corrected chi connectivity index (χ0v) is 12.9. The average Bonchev–Trinajstić information content (AvgIpc) is 2.79. The van der Waals surface area contributed by atoms with E-state index in [9.17, 15) is 0 Å². The smallest absolute Gasteiger partial charge is 0.0837 e. The molecule has 20 heavy (non-hydrogen) atoms. The van der Waals surface area contributed by atoms with Crippen LogP contribution in [-0.4, -0.2) is 20.0 Å². The van der Waals surface area contributed by atoms with Gasteiger partial charge in [0.1, 0.15) is 0 Å². The predicted molar refractivity (Wildman–Crippen MR) is 79.7 cm³/mol. The Hall–Kier alpha value is -1.46. The van der Waals surface area contributed by atoms with E-state index >= 15 is 0 Å². The van der Waals surface area contributed by atoms with Gasteiger partial charge in [0.05, 0.1) is 34.3 Å². The second-order valence-electron chi connectivity index (χ2n) is 4.82. The van der Waals surface area contributed by atoms with Gasteiger partial charge in [-0.15, -0.1) is 0 Å². The Bertz CT molecular complexity index is 593. The lowest BCUT2D eigenvalue weighted by molar-refractivity contribution is 0.557. The molecule has 2 N–H and O–H groups in total. The molecule has 1 atom stereocenters. The molecule has 0 aliphatic rings. The summed E-state index contributed by atoms with van der Waals surface area (Å²) in [4.78, 5) is 0. The van der Waals surface area contributed by atoms with Crippen molar-refractivity contribution in [3.63, 3.8) is 0 Å². The fourth-order valence-electron chi connectivity index (χ4n) is 2.30. The monoisotopic (exact) mass is 293 g/mol. The molecule has 5 nitrogen and oxygen atoms in total. The molecule has 0 bridgehead atoms. The van der Waals surface area contributed by atoms with E-state index in [1.807, 2.05) is 24.6 Å². The van der Waals surface area contributed by atoms with Gasteiger partial charge in [0.2, 0.25) is 0 Å². The Morgan fingerprint density at radius 2 is 2.10 bits per heavy atom. The van der Waals surface area contributed by atoms with Crippen molar-refractivity contribution in [3.05, 3.63) is 39.9 Å². The molecule has 2 heterocycles. The highest BCUT2D eigenvalue weighted by Crippen LogP contribution is 2.28. The third kappa shape index (κ3) is 2.83. The molecule has 1 unspecified atom stereocenters. The van der Waals surface area contributed by atoms with Crippen LogP contribution in [0, 0.1) is 6.92 Å². The van der Waals surface area contributed by atoms with Crippen molar-refractivity contribution in [2.45, 2.75) is 46.2 Å². The molecule has 0 radical (unpaired) electrons. The van der Waals surface area contributed by atoms with Gasteiger partial charge >= 0.3 is 0 Å². The third-order valence-electron chi connectivity index (χ3n) is 3.26. The normalized spacial score (nSPS) is 12.7. The van der Waals surface area contributed by atoms with Gasteiger partial charge in [-0.3, -0.25) is 4.68 Å². The summed E-state index contributed by atoms with van der Waals surface area (Å²) in [5.74, 6) is 0. The van der Waals surface area contributed by atoms with Crippen LogP contribution in [-0.2, 0) is 13.0 Å². The molecular formula is C14H20ClN5. The summed E-state index contributed by atoms with van der Waals surface area (Å²) in [7, 11) is 0.